The Morgan fingerprint density at radius 3 is 1.50 bits per heavy atom. The highest BCUT2D eigenvalue weighted by molar-refractivity contribution is 5.72. The Morgan fingerprint density at radius 1 is 0.700 bits per heavy atom. The molecule has 0 saturated heterocycles. The molecular weight excluding hydrogens is 376 g/mol. The molecule has 0 radical (unpaired) electrons. The summed E-state index contributed by atoms with van der Waals surface area (Å²) in [6.07, 6.45) is 13.3. The maximum absolute atomic E-state index is 11.9. The number of rotatable bonds is 7. The monoisotopic (exact) mass is 424 g/mol. The minimum absolute atomic E-state index is 0.00176. The van der Waals surface area contributed by atoms with E-state index in [-0.39, 0.29) is 35.0 Å². The van der Waals surface area contributed by atoms with Gasteiger partial charge in [0, 0.05) is 0 Å². The van der Waals surface area contributed by atoms with Gasteiger partial charge in [-0.25, -0.2) is 0 Å². The summed E-state index contributed by atoms with van der Waals surface area (Å²) in [6.45, 7) is 14.4. The average molecular weight is 425 g/mol. The number of ether oxygens (including phenoxy) is 2. The molecule has 0 heterocycles. The van der Waals surface area contributed by atoms with Crippen molar-refractivity contribution in [1.29, 1.82) is 0 Å². The summed E-state index contributed by atoms with van der Waals surface area (Å²) >= 11 is 0. The van der Waals surface area contributed by atoms with E-state index in [0.29, 0.717) is 5.92 Å². The topological polar surface area (TPSA) is 52.6 Å². The molecule has 2 atom stereocenters. The zero-order valence-corrected chi connectivity index (χ0v) is 20.9. The molecule has 0 spiro atoms. The van der Waals surface area contributed by atoms with Crippen LogP contribution in [0.1, 0.15) is 126 Å². The van der Waals surface area contributed by atoms with Gasteiger partial charge in [-0.05, 0) is 77.0 Å². The van der Waals surface area contributed by atoms with Gasteiger partial charge >= 0.3 is 11.9 Å². The zero-order chi connectivity index (χ0) is 22.8. The lowest BCUT2D eigenvalue weighted by Crippen LogP contribution is -2.43. The Morgan fingerprint density at radius 2 is 1.10 bits per heavy atom. The molecule has 2 unspecified atom stereocenters. The average Bonchev–Trinajstić information content (AvgIpc) is 2.73. The fourth-order valence-electron chi connectivity index (χ4n) is 4.33. The summed E-state index contributed by atoms with van der Waals surface area (Å²) < 4.78 is 11.4. The van der Waals surface area contributed by atoms with Gasteiger partial charge in [-0.3, -0.25) is 9.59 Å². The van der Waals surface area contributed by atoms with Crippen molar-refractivity contribution in [2.75, 3.05) is 0 Å². The number of hydrogen-bond donors (Lipinski definition) is 0. The van der Waals surface area contributed by atoms with Crippen LogP contribution < -0.4 is 0 Å². The maximum Gasteiger partial charge on any atom is 0.309 e. The molecule has 2 aliphatic rings. The third-order valence-electron chi connectivity index (χ3n) is 7.34. The van der Waals surface area contributed by atoms with Gasteiger partial charge in [0.05, 0.1) is 11.8 Å². The highest BCUT2D eigenvalue weighted by Crippen LogP contribution is 2.38. The van der Waals surface area contributed by atoms with Crippen molar-refractivity contribution >= 4 is 11.9 Å². The first-order valence-corrected chi connectivity index (χ1v) is 12.5. The van der Waals surface area contributed by atoms with Crippen LogP contribution in [0.3, 0.4) is 0 Å². The highest BCUT2D eigenvalue weighted by Gasteiger charge is 2.39. The predicted molar refractivity (Wildman–Crippen MR) is 123 cm³/mol. The van der Waals surface area contributed by atoms with Crippen LogP contribution in [0.2, 0.25) is 0 Å². The highest BCUT2D eigenvalue weighted by atomic mass is 16.6. The Balaban J connectivity index is 0.000000303. The molecular formula is C26H48O4. The van der Waals surface area contributed by atoms with Gasteiger partial charge in [0.25, 0.3) is 0 Å². The Bertz CT molecular complexity index is 513. The van der Waals surface area contributed by atoms with Gasteiger partial charge in [-0.2, -0.15) is 0 Å². The van der Waals surface area contributed by atoms with Crippen LogP contribution >= 0.6 is 0 Å². The van der Waals surface area contributed by atoms with Crippen LogP contribution in [-0.2, 0) is 19.1 Å². The molecule has 0 aromatic rings. The quantitative estimate of drug-likeness (QED) is 0.404. The second kappa shape index (κ2) is 12.7. The Kier molecular flexibility index (Phi) is 11.4. The lowest BCUT2D eigenvalue weighted by atomic mass is 9.77. The van der Waals surface area contributed by atoms with E-state index in [9.17, 15) is 9.59 Å². The third kappa shape index (κ3) is 8.23. The van der Waals surface area contributed by atoms with Gasteiger partial charge in [-0.15, -0.1) is 0 Å². The molecule has 0 aliphatic heterocycles. The van der Waals surface area contributed by atoms with E-state index in [1.165, 1.54) is 38.5 Å². The second-order valence-corrected chi connectivity index (χ2v) is 10.3. The van der Waals surface area contributed by atoms with E-state index in [4.69, 9.17) is 9.47 Å². The van der Waals surface area contributed by atoms with Crippen molar-refractivity contribution in [3.63, 3.8) is 0 Å². The first kappa shape index (κ1) is 27.0. The maximum atomic E-state index is 11.9. The third-order valence-corrected chi connectivity index (χ3v) is 7.34. The molecule has 2 fully saturated rings. The van der Waals surface area contributed by atoms with E-state index in [0.717, 1.165) is 38.5 Å². The van der Waals surface area contributed by atoms with Crippen LogP contribution in [-0.4, -0.2) is 23.1 Å². The molecule has 0 bridgehead atoms. The van der Waals surface area contributed by atoms with E-state index in [2.05, 4.69) is 20.8 Å². The number of hydrogen-bond acceptors (Lipinski definition) is 4. The van der Waals surface area contributed by atoms with E-state index >= 15 is 0 Å². The van der Waals surface area contributed by atoms with Crippen molar-refractivity contribution < 1.29 is 19.1 Å². The molecule has 2 saturated carbocycles. The van der Waals surface area contributed by atoms with Gasteiger partial charge in [-0.1, -0.05) is 54.4 Å². The van der Waals surface area contributed by atoms with Crippen molar-refractivity contribution in [3.05, 3.63) is 0 Å². The zero-order valence-electron chi connectivity index (χ0n) is 20.9. The predicted octanol–water partition coefficient (Wildman–Crippen LogP) is 7.23. The van der Waals surface area contributed by atoms with Crippen LogP contribution in [0, 0.1) is 17.8 Å². The fraction of sp³-hybridized carbons (Fsp3) is 0.923. The SMILES string of the molecule is CCC(C)C(=O)OC1(C(C)C)CCCCC1.CCC(C)C(=O)OC1(C)CCCCC1. The first-order valence-electron chi connectivity index (χ1n) is 12.5. The molecule has 0 aromatic heterocycles. The summed E-state index contributed by atoms with van der Waals surface area (Å²) in [5, 5.41) is 0. The van der Waals surface area contributed by atoms with Gasteiger partial charge in [0.15, 0.2) is 0 Å². The molecule has 2 rings (SSSR count). The van der Waals surface area contributed by atoms with E-state index in [1.807, 2.05) is 27.7 Å². The van der Waals surface area contributed by atoms with Crippen molar-refractivity contribution in [1.82, 2.24) is 0 Å². The standard InChI is InChI=1S/C14H26O2.C12H22O2/c1-5-12(4)13(15)16-14(11(2)3)9-7-6-8-10-14;1-4-10(2)11(13)14-12(3)8-6-5-7-9-12/h11-12H,5-10H2,1-4H3;10H,4-9H2,1-3H3. The lowest BCUT2D eigenvalue weighted by molar-refractivity contribution is -0.174. The van der Waals surface area contributed by atoms with Gasteiger partial charge in [0.1, 0.15) is 11.2 Å². The summed E-state index contributed by atoms with van der Waals surface area (Å²) in [6, 6.07) is 0. The molecule has 0 N–H and O–H groups in total. The second-order valence-electron chi connectivity index (χ2n) is 10.3. The normalized spacial score (nSPS) is 22.3. The van der Waals surface area contributed by atoms with Crippen molar-refractivity contribution in [2.45, 2.75) is 137 Å². The van der Waals surface area contributed by atoms with E-state index in [1.54, 1.807) is 0 Å². The number of carbonyl (C=O) groups excluding carboxylic acids is 2. The lowest BCUT2D eigenvalue weighted by Gasteiger charge is -2.40. The molecule has 2 aliphatic carbocycles. The smallest absolute Gasteiger partial charge is 0.309 e. The van der Waals surface area contributed by atoms with Crippen LogP contribution in [0.25, 0.3) is 0 Å². The van der Waals surface area contributed by atoms with Crippen LogP contribution in [0.5, 0.6) is 0 Å². The van der Waals surface area contributed by atoms with Crippen LogP contribution in [0.15, 0.2) is 0 Å². The molecule has 176 valence electrons. The summed E-state index contributed by atoms with van der Waals surface area (Å²) in [5.41, 5.74) is -0.336. The molecule has 0 aromatic carbocycles. The molecule has 30 heavy (non-hydrogen) atoms. The minimum Gasteiger partial charge on any atom is -0.459 e. The molecule has 0 amide bonds. The molecule has 4 nitrogen and oxygen atoms in total. The van der Waals surface area contributed by atoms with Crippen LogP contribution in [0.4, 0.5) is 0 Å². The summed E-state index contributed by atoms with van der Waals surface area (Å²) in [5.74, 6) is 0.502. The minimum atomic E-state index is -0.168. The van der Waals surface area contributed by atoms with Crippen molar-refractivity contribution in [3.8, 4) is 0 Å². The fourth-order valence-corrected chi connectivity index (χ4v) is 4.33. The number of carbonyl (C=O) groups is 2. The van der Waals surface area contributed by atoms with Gasteiger partial charge in [0.2, 0.25) is 0 Å². The first-order chi connectivity index (χ1) is 14.1. The van der Waals surface area contributed by atoms with Gasteiger partial charge < -0.3 is 9.47 Å². The molecule has 4 heteroatoms. The Hall–Kier alpha value is -1.06. The number of esters is 2. The Labute approximate surface area is 185 Å². The summed E-state index contributed by atoms with van der Waals surface area (Å²) in [4.78, 5) is 23.6. The van der Waals surface area contributed by atoms with Crippen molar-refractivity contribution in [2.24, 2.45) is 17.8 Å². The van der Waals surface area contributed by atoms with E-state index < -0.39 is 0 Å². The summed E-state index contributed by atoms with van der Waals surface area (Å²) in [7, 11) is 0. The largest absolute Gasteiger partial charge is 0.459 e.